The van der Waals surface area contributed by atoms with Gasteiger partial charge in [0.05, 0.1) is 7.11 Å². The normalized spacial score (nSPS) is 23.0. The molecule has 2 atom stereocenters. The van der Waals surface area contributed by atoms with Crippen molar-refractivity contribution in [1.82, 2.24) is 4.57 Å². The van der Waals surface area contributed by atoms with E-state index < -0.39 is 0 Å². The van der Waals surface area contributed by atoms with Gasteiger partial charge in [0.15, 0.2) is 5.88 Å². The van der Waals surface area contributed by atoms with Crippen LogP contribution in [0, 0.1) is 0 Å². The molecule has 4 rings (SSSR count). The maximum atomic E-state index is 5.93. The van der Waals surface area contributed by atoms with Gasteiger partial charge in [0.2, 0.25) is 0 Å². The molecule has 0 spiro atoms. The lowest BCUT2D eigenvalue weighted by Gasteiger charge is -2.27. The number of rotatable bonds is 3. The van der Waals surface area contributed by atoms with Crippen molar-refractivity contribution in [1.29, 1.82) is 0 Å². The van der Waals surface area contributed by atoms with Crippen LogP contribution < -0.4 is 4.74 Å². The molecule has 24 heavy (non-hydrogen) atoms. The summed E-state index contributed by atoms with van der Waals surface area (Å²) in [4.78, 5) is 0. The lowest BCUT2D eigenvalue weighted by atomic mass is 9.91. The average Bonchev–Trinajstić information content (AvgIpc) is 3.29. The summed E-state index contributed by atoms with van der Waals surface area (Å²) in [5.41, 5.74) is 6.22. The van der Waals surface area contributed by atoms with Crippen LogP contribution in [0.5, 0.6) is 5.88 Å². The van der Waals surface area contributed by atoms with Gasteiger partial charge in [0.25, 0.3) is 0 Å². The van der Waals surface area contributed by atoms with E-state index in [1.54, 1.807) is 11.3 Å². The first-order chi connectivity index (χ1) is 11.5. The number of hydrogen-bond acceptors (Lipinski definition) is 1. The summed E-state index contributed by atoms with van der Waals surface area (Å²) >= 11 is 0. The Morgan fingerprint density at radius 2 is 1.62 bits per heavy atom. The highest BCUT2D eigenvalue weighted by atomic mass is 16.5. The zero-order valence-corrected chi connectivity index (χ0v) is 15.4. The molecule has 1 aromatic heterocycles. The van der Waals surface area contributed by atoms with E-state index in [0.717, 1.165) is 5.88 Å². The minimum absolute atomic E-state index is 0.0574. The number of methoxy groups -OCH3 is 1. The zero-order chi connectivity index (χ0) is 16.9. The fraction of sp³-hybridized carbons (Fsp3) is 0.545. The molecule has 0 saturated heterocycles. The Morgan fingerprint density at radius 1 is 0.958 bits per heavy atom. The molecule has 1 saturated carbocycles. The van der Waals surface area contributed by atoms with Crippen LogP contribution in [0.4, 0.5) is 0 Å². The van der Waals surface area contributed by atoms with Crippen LogP contribution in [0.1, 0.15) is 74.3 Å². The van der Waals surface area contributed by atoms with Crippen molar-refractivity contribution in [2.24, 2.45) is 0 Å². The Labute approximate surface area is 145 Å². The van der Waals surface area contributed by atoms with Gasteiger partial charge in [-0.25, -0.2) is 0 Å². The summed E-state index contributed by atoms with van der Waals surface area (Å²) in [5.74, 6) is 2.46. The highest BCUT2D eigenvalue weighted by Crippen LogP contribution is 2.58. The third kappa shape index (κ3) is 2.47. The third-order valence-electron chi connectivity index (χ3n) is 5.71. The van der Waals surface area contributed by atoms with E-state index in [1.807, 2.05) is 7.11 Å². The van der Waals surface area contributed by atoms with Crippen molar-refractivity contribution in [3.05, 3.63) is 52.7 Å². The van der Waals surface area contributed by atoms with Crippen molar-refractivity contribution >= 4 is 0 Å². The molecule has 1 fully saturated rings. The van der Waals surface area contributed by atoms with Crippen molar-refractivity contribution in [2.75, 3.05) is 7.11 Å². The molecular weight excluding hydrogens is 294 g/mol. The quantitative estimate of drug-likeness (QED) is 0.737. The first kappa shape index (κ1) is 15.8. The van der Waals surface area contributed by atoms with Crippen LogP contribution in [0.15, 0.2) is 30.3 Å². The van der Waals surface area contributed by atoms with E-state index >= 15 is 0 Å². The first-order valence-corrected chi connectivity index (χ1v) is 9.38. The predicted octanol–water partition coefficient (Wildman–Crippen LogP) is 5.40. The number of aromatic nitrogens is 1. The number of nitrogens with zero attached hydrogens (tertiary/aromatic N) is 1. The molecule has 0 amide bonds. The first-order valence-electron chi connectivity index (χ1n) is 9.38. The molecule has 0 bridgehead atoms. The number of fused-ring (bicyclic) bond motifs is 1. The van der Waals surface area contributed by atoms with Gasteiger partial charge in [-0.3, -0.25) is 0 Å². The fourth-order valence-electron chi connectivity index (χ4n) is 4.64. The molecule has 2 aliphatic rings. The van der Waals surface area contributed by atoms with Crippen LogP contribution in [0.2, 0.25) is 0 Å². The maximum Gasteiger partial charge on any atom is 0.197 e. The minimum atomic E-state index is 0.0574. The number of benzene rings is 1. The summed E-state index contributed by atoms with van der Waals surface area (Å²) < 4.78 is 8.46. The second-order valence-corrected chi connectivity index (χ2v) is 8.42. The van der Waals surface area contributed by atoms with E-state index in [9.17, 15) is 0 Å². The van der Waals surface area contributed by atoms with Crippen LogP contribution in [-0.4, -0.2) is 11.7 Å². The predicted molar refractivity (Wildman–Crippen MR) is 99.2 cm³/mol. The van der Waals surface area contributed by atoms with E-state index in [-0.39, 0.29) is 5.54 Å². The molecule has 2 aliphatic carbocycles. The SMILES string of the molecule is COc1c2c(c(C3CC3c3ccccc3)n1C(C)(C)C)CCCC2. The van der Waals surface area contributed by atoms with E-state index in [1.165, 1.54) is 43.2 Å². The van der Waals surface area contributed by atoms with Crippen molar-refractivity contribution in [3.63, 3.8) is 0 Å². The van der Waals surface area contributed by atoms with Gasteiger partial charge in [-0.15, -0.1) is 0 Å². The highest BCUT2D eigenvalue weighted by molar-refractivity contribution is 5.50. The topological polar surface area (TPSA) is 14.2 Å². The summed E-state index contributed by atoms with van der Waals surface area (Å²) in [6, 6.07) is 11.0. The lowest BCUT2D eigenvalue weighted by Crippen LogP contribution is -2.25. The Bertz CT molecular complexity index is 736. The van der Waals surface area contributed by atoms with Crippen molar-refractivity contribution in [3.8, 4) is 5.88 Å². The molecule has 2 heteroatoms. The average molecular weight is 323 g/mol. The standard InChI is InChI=1S/C22H29NO/c1-22(2,3)23-20(16-12-8-9-13-17(16)21(23)24-4)19-14-18(19)15-10-6-5-7-11-15/h5-7,10-11,18-19H,8-9,12-14H2,1-4H3. The van der Waals surface area contributed by atoms with Gasteiger partial charge in [-0.1, -0.05) is 30.3 Å². The Morgan fingerprint density at radius 3 is 2.25 bits per heavy atom. The van der Waals surface area contributed by atoms with Gasteiger partial charge in [-0.05, 0) is 69.9 Å². The van der Waals surface area contributed by atoms with E-state index in [2.05, 4.69) is 55.7 Å². The molecule has 1 heterocycles. The third-order valence-corrected chi connectivity index (χ3v) is 5.71. The molecule has 0 N–H and O–H groups in total. The lowest BCUT2D eigenvalue weighted by molar-refractivity contribution is 0.299. The van der Waals surface area contributed by atoms with Gasteiger partial charge >= 0.3 is 0 Å². The fourth-order valence-corrected chi connectivity index (χ4v) is 4.64. The van der Waals surface area contributed by atoms with Gasteiger partial charge in [0, 0.05) is 22.7 Å². The van der Waals surface area contributed by atoms with Gasteiger partial charge in [0.1, 0.15) is 0 Å². The summed E-state index contributed by atoms with van der Waals surface area (Å²) in [7, 11) is 1.85. The molecule has 0 aliphatic heterocycles. The Kier molecular flexibility index (Phi) is 3.74. The van der Waals surface area contributed by atoms with E-state index in [0.29, 0.717) is 11.8 Å². The Hall–Kier alpha value is -1.70. The van der Waals surface area contributed by atoms with E-state index in [4.69, 9.17) is 4.74 Å². The molecule has 0 radical (unpaired) electrons. The monoisotopic (exact) mass is 323 g/mol. The van der Waals surface area contributed by atoms with Crippen LogP contribution >= 0.6 is 0 Å². The van der Waals surface area contributed by atoms with Gasteiger partial charge in [-0.2, -0.15) is 0 Å². The molecule has 1 aromatic carbocycles. The molecule has 2 unspecified atom stereocenters. The summed E-state index contributed by atoms with van der Waals surface area (Å²) in [5, 5.41) is 0. The minimum Gasteiger partial charge on any atom is -0.482 e. The second-order valence-electron chi connectivity index (χ2n) is 8.42. The van der Waals surface area contributed by atoms with Crippen LogP contribution in [-0.2, 0) is 18.4 Å². The summed E-state index contributed by atoms with van der Waals surface area (Å²) in [6.45, 7) is 6.93. The molecular formula is C22H29NO. The largest absolute Gasteiger partial charge is 0.482 e. The zero-order valence-electron chi connectivity index (χ0n) is 15.4. The number of hydrogen-bond donors (Lipinski definition) is 0. The molecule has 2 nitrogen and oxygen atoms in total. The maximum absolute atomic E-state index is 5.93. The van der Waals surface area contributed by atoms with Gasteiger partial charge < -0.3 is 9.30 Å². The Balaban J connectivity index is 1.82. The van der Waals surface area contributed by atoms with Crippen molar-refractivity contribution < 1.29 is 4.74 Å². The van der Waals surface area contributed by atoms with Crippen molar-refractivity contribution in [2.45, 2.75) is 70.3 Å². The highest BCUT2D eigenvalue weighted by Gasteiger charge is 2.45. The van der Waals surface area contributed by atoms with Crippen LogP contribution in [0.3, 0.4) is 0 Å². The smallest absolute Gasteiger partial charge is 0.197 e. The molecule has 128 valence electrons. The second kappa shape index (κ2) is 5.68. The van der Waals surface area contributed by atoms with Crippen LogP contribution in [0.25, 0.3) is 0 Å². The summed E-state index contributed by atoms with van der Waals surface area (Å²) in [6.07, 6.45) is 6.29. The number of ether oxygens (including phenoxy) is 1. The molecule has 2 aromatic rings.